The maximum absolute atomic E-state index is 10.7. The molecule has 0 aliphatic carbocycles. The highest BCUT2D eigenvalue weighted by Crippen LogP contribution is 2.27. The van der Waals surface area contributed by atoms with Crippen LogP contribution in [0.1, 0.15) is 0 Å². The molecule has 0 radical (unpaired) electrons. The van der Waals surface area contributed by atoms with Crippen LogP contribution >= 0.6 is 0 Å². The zero-order valence-electron chi connectivity index (χ0n) is 19.1. The molecular weight excluding hydrogens is 428 g/mol. The zero-order valence-corrected chi connectivity index (χ0v) is 19.1. The number of hydrogen-bond donors (Lipinski definition) is 2. The van der Waals surface area contributed by atoms with Crippen LogP contribution in [0, 0.1) is 0 Å². The Labute approximate surface area is 199 Å². The number of aliphatic hydroxyl groups excluding tert-OH is 2. The summed E-state index contributed by atoms with van der Waals surface area (Å²) in [7, 11) is 0. The van der Waals surface area contributed by atoms with Crippen molar-refractivity contribution in [2.24, 2.45) is 0 Å². The number of β-amino-alcohol motifs (C(OH)–C–C–N with tert-alkyl or cyclic N) is 1. The van der Waals surface area contributed by atoms with E-state index >= 15 is 0 Å². The molecule has 5 rings (SSSR count). The van der Waals surface area contributed by atoms with Crippen molar-refractivity contribution in [3.63, 3.8) is 0 Å². The lowest BCUT2D eigenvalue weighted by Crippen LogP contribution is -2.53. The summed E-state index contributed by atoms with van der Waals surface area (Å²) in [6.07, 6.45) is -1.60. The van der Waals surface area contributed by atoms with Crippen molar-refractivity contribution < 1.29 is 19.7 Å². The second kappa shape index (κ2) is 10.4. The zero-order chi connectivity index (χ0) is 23.3. The monoisotopic (exact) mass is 458 g/mol. The van der Waals surface area contributed by atoms with E-state index in [4.69, 9.17) is 9.47 Å². The van der Waals surface area contributed by atoms with E-state index in [-0.39, 0.29) is 6.61 Å². The fourth-order valence-electron chi connectivity index (χ4n) is 4.54. The molecule has 1 saturated heterocycles. The molecular formula is C28H30N2O4. The van der Waals surface area contributed by atoms with Gasteiger partial charge in [-0.15, -0.1) is 0 Å². The normalized spacial score (nSPS) is 17.0. The predicted molar refractivity (Wildman–Crippen MR) is 134 cm³/mol. The van der Waals surface area contributed by atoms with E-state index in [9.17, 15) is 10.2 Å². The molecule has 2 unspecified atom stereocenters. The lowest BCUT2D eigenvalue weighted by atomic mass is 10.1. The molecule has 4 aromatic rings. The predicted octanol–water partition coefficient (Wildman–Crippen LogP) is 3.71. The van der Waals surface area contributed by atoms with Crippen molar-refractivity contribution in [3.05, 3.63) is 84.9 Å². The number of ether oxygens (including phenoxy) is 2. The Morgan fingerprint density at radius 1 is 0.676 bits per heavy atom. The van der Waals surface area contributed by atoms with E-state index in [2.05, 4.69) is 17.0 Å². The fourth-order valence-corrected chi connectivity index (χ4v) is 4.54. The molecule has 1 fully saturated rings. The van der Waals surface area contributed by atoms with Gasteiger partial charge in [0.2, 0.25) is 6.29 Å². The topological polar surface area (TPSA) is 65.4 Å². The lowest BCUT2D eigenvalue weighted by molar-refractivity contribution is -0.0740. The van der Waals surface area contributed by atoms with Gasteiger partial charge in [-0.2, -0.15) is 0 Å². The maximum atomic E-state index is 10.7. The van der Waals surface area contributed by atoms with Crippen LogP contribution in [-0.2, 0) is 0 Å². The molecule has 0 spiro atoms. The molecule has 2 atom stereocenters. The first-order valence-corrected chi connectivity index (χ1v) is 11.7. The number of fused-ring (bicyclic) bond motifs is 2. The summed E-state index contributed by atoms with van der Waals surface area (Å²) >= 11 is 0. The van der Waals surface area contributed by atoms with Gasteiger partial charge >= 0.3 is 0 Å². The Hall–Kier alpha value is -3.16. The summed E-state index contributed by atoms with van der Waals surface area (Å²) in [6, 6.07) is 27.9. The standard InChI is InChI=1S/C28H30N2O4/c31-27(20-33-25-13-5-9-21-7-1-3-11-23(21)25)30-17-15-29(16-18-30)19-28(32)34-26-14-6-10-22-8-2-4-12-24(22)26/h1-14,27-28,31-32H,15-20H2. The number of hydrogen-bond acceptors (Lipinski definition) is 6. The van der Waals surface area contributed by atoms with Crippen molar-refractivity contribution in [2.45, 2.75) is 12.5 Å². The molecule has 1 aliphatic rings. The van der Waals surface area contributed by atoms with Crippen LogP contribution in [0.4, 0.5) is 0 Å². The Morgan fingerprint density at radius 2 is 1.24 bits per heavy atom. The fraction of sp³-hybridized carbons (Fsp3) is 0.286. The highest BCUT2D eigenvalue weighted by atomic mass is 16.6. The first kappa shape index (κ1) is 22.6. The molecule has 4 aromatic carbocycles. The number of benzene rings is 4. The van der Waals surface area contributed by atoms with Gasteiger partial charge in [-0.3, -0.25) is 9.80 Å². The molecule has 0 saturated carbocycles. The number of aliphatic hydroxyl groups is 2. The van der Waals surface area contributed by atoms with Crippen LogP contribution in [0.25, 0.3) is 21.5 Å². The van der Waals surface area contributed by atoms with E-state index in [1.165, 1.54) is 0 Å². The minimum Gasteiger partial charge on any atom is -0.489 e. The van der Waals surface area contributed by atoms with E-state index in [1.54, 1.807) is 0 Å². The summed E-state index contributed by atoms with van der Waals surface area (Å²) in [6.45, 7) is 3.49. The number of rotatable bonds is 8. The van der Waals surface area contributed by atoms with E-state index in [0.29, 0.717) is 25.4 Å². The summed E-state index contributed by atoms with van der Waals surface area (Å²) in [5, 5.41) is 25.5. The maximum Gasteiger partial charge on any atom is 0.210 e. The van der Waals surface area contributed by atoms with Crippen LogP contribution in [0.2, 0.25) is 0 Å². The van der Waals surface area contributed by atoms with Crippen molar-refractivity contribution in [3.8, 4) is 11.5 Å². The molecule has 6 heteroatoms. The second-order valence-electron chi connectivity index (χ2n) is 8.66. The number of nitrogens with zero attached hydrogens (tertiary/aromatic N) is 2. The van der Waals surface area contributed by atoms with E-state index in [0.717, 1.165) is 40.4 Å². The molecule has 0 amide bonds. The van der Waals surface area contributed by atoms with Crippen LogP contribution < -0.4 is 9.47 Å². The van der Waals surface area contributed by atoms with Gasteiger partial charge in [-0.1, -0.05) is 72.8 Å². The largest absolute Gasteiger partial charge is 0.489 e. The molecule has 176 valence electrons. The lowest BCUT2D eigenvalue weighted by Gasteiger charge is -2.37. The second-order valence-corrected chi connectivity index (χ2v) is 8.66. The Kier molecular flexibility index (Phi) is 6.92. The summed E-state index contributed by atoms with van der Waals surface area (Å²) < 4.78 is 11.8. The third-order valence-electron chi connectivity index (χ3n) is 6.39. The van der Waals surface area contributed by atoms with Gasteiger partial charge in [0.15, 0.2) is 0 Å². The van der Waals surface area contributed by atoms with Gasteiger partial charge in [0.05, 0.1) is 6.54 Å². The quantitative estimate of drug-likeness (QED) is 0.393. The van der Waals surface area contributed by atoms with Crippen LogP contribution in [0.5, 0.6) is 11.5 Å². The molecule has 34 heavy (non-hydrogen) atoms. The highest BCUT2D eigenvalue weighted by Gasteiger charge is 2.24. The minimum absolute atomic E-state index is 0.209. The van der Waals surface area contributed by atoms with Crippen molar-refractivity contribution in [1.29, 1.82) is 0 Å². The molecule has 1 heterocycles. The van der Waals surface area contributed by atoms with Crippen molar-refractivity contribution in [2.75, 3.05) is 39.3 Å². The Morgan fingerprint density at radius 3 is 1.91 bits per heavy atom. The van der Waals surface area contributed by atoms with Gasteiger partial charge < -0.3 is 19.7 Å². The average molecular weight is 459 g/mol. The van der Waals surface area contributed by atoms with Gasteiger partial charge in [-0.25, -0.2) is 0 Å². The molecule has 0 bridgehead atoms. The summed E-state index contributed by atoms with van der Waals surface area (Å²) in [5.74, 6) is 1.47. The Balaban J connectivity index is 1.10. The van der Waals surface area contributed by atoms with Gasteiger partial charge in [0.25, 0.3) is 0 Å². The SMILES string of the molecule is OC(CN1CCN(C(O)COc2cccc3ccccc23)CC1)Oc1cccc2ccccc12. The smallest absolute Gasteiger partial charge is 0.210 e. The van der Waals surface area contributed by atoms with E-state index in [1.807, 2.05) is 77.7 Å². The first-order chi connectivity index (χ1) is 16.7. The summed E-state index contributed by atoms with van der Waals surface area (Å²) in [5.41, 5.74) is 0. The first-order valence-electron chi connectivity index (χ1n) is 11.7. The van der Waals surface area contributed by atoms with Crippen LogP contribution in [0.3, 0.4) is 0 Å². The number of piperazine rings is 1. The third kappa shape index (κ3) is 5.16. The van der Waals surface area contributed by atoms with Crippen LogP contribution in [0.15, 0.2) is 84.9 Å². The molecule has 2 N–H and O–H groups in total. The average Bonchev–Trinajstić information content (AvgIpc) is 2.88. The van der Waals surface area contributed by atoms with Gasteiger partial charge in [0, 0.05) is 37.0 Å². The third-order valence-corrected chi connectivity index (χ3v) is 6.39. The van der Waals surface area contributed by atoms with Gasteiger partial charge in [-0.05, 0) is 22.9 Å². The van der Waals surface area contributed by atoms with Crippen LogP contribution in [-0.4, -0.2) is 71.9 Å². The van der Waals surface area contributed by atoms with Gasteiger partial charge in [0.1, 0.15) is 24.3 Å². The van der Waals surface area contributed by atoms with E-state index < -0.39 is 12.5 Å². The molecule has 0 aromatic heterocycles. The summed E-state index contributed by atoms with van der Waals surface area (Å²) in [4.78, 5) is 4.17. The highest BCUT2D eigenvalue weighted by molar-refractivity contribution is 5.88. The molecule has 1 aliphatic heterocycles. The van der Waals surface area contributed by atoms with Crippen molar-refractivity contribution in [1.82, 2.24) is 9.80 Å². The molecule has 6 nitrogen and oxygen atoms in total. The Bertz CT molecular complexity index is 1230. The minimum atomic E-state index is -0.919. The van der Waals surface area contributed by atoms with Crippen molar-refractivity contribution >= 4 is 21.5 Å².